The molecule has 96 valence electrons. The lowest BCUT2D eigenvalue weighted by Crippen LogP contribution is -2.21. The highest BCUT2D eigenvalue weighted by molar-refractivity contribution is 5.34. The molecule has 0 saturated heterocycles. The molecule has 0 amide bonds. The van der Waals surface area contributed by atoms with Crippen molar-refractivity contribution in [3.05, 3.63) is 34.9 Å². The molecule has 0 radical (unpaired) electrons. The van der Waals surface area contributed by atoms with Crippen LogP contribution in [0.3, 0.4) is 0 Å². The van der Waals surface area contributed by atoms with Gasteiger partial charge < -0.3 is 5.32 Å². The quantitative estimate of drug-likeness (QED) is 0.843. The first kappa shape index (κ1) is 14.0. The number of aryl methyl sites for hydroxylation is 1. The normalized spacial score (nSPS) is 13.8. The summed E-state index contributed by atoms with van der Waals surface area (Å²) in [6.45, 7) is 6.54. The van der Waals surface area contributed by atoms with Crippen LogP contribution in [-0.2, 0) is 6.18 Å². The fourth-order valence-corrected chi connectivity index (χ4v) is 1.96. The van der Waals surface area contributed by atoms with Crippen molar-refractivity contribution in [2.24, 2.45) is 0 Å². The van der Waals surface area contributed by atoms with Crippen LogP contribution in [0.2, 0.25) is 0 Å². The minimum absolute atomic E-state index is 0.127. The van der Waals surface area contributed by atoms with Gasteiger partial charge in [-0.3, -0.25) is 0 Å². The van der Waals surface area contributed by atoms with E-state index in [9.17, 15) is 13.2 Å². The molecule has 1 aromatic carbocycles. The van der Waals surface area contributed by atoms with Crippen molar-refractivity contribution in [1.82, 2.24) is 5.32 Å². The predicted octanol–water partition coefficient (Wildman–Crippen LogP) is 4.07. The van der Waals surface area contributed by atoms with Crippen LogP contribution >= 0.6 is 0 Å². The molecule has 1 rings (SSSR count). The average Bonchev–Trinajstić information content (AvgIpc) is 2.25. The fraction of sp³-hybridized carbons (Fsp3) is 0.538. The van der Waals surface area contributed by atoms with Crippen LogP contribution in [0.4, 0.5) is 13.2 Å². The highest BCUT2D eigenvalue weighted by atomic mass is 19.4. The third-order valence-corrected chi connectivity index (χ3v) is 2.83. The summed E-state index contributed by atoms with van der Waals surface area (Å²) < 4.78 is 37.5. The summed E-state index contributed by atoms with van der Waals surface area (Å²) in [6, 6.07) is 4.08. The maximum atomic E-state index is 12.5. The topological polar surface area (TPSA) is 12.0 Å². The van der Waals surface area contributed by atoms with Crippen LogP contribution in [0.25, 0.3) is 0 Å². The van der Waals surface area contributed by atoms with E-state index < -0.39 is 11.7 Å². The van der Waals surface area contributed by atoms with Gasteiger partial charge in [-0.15, -0.1) is 0 Å². The molecule has 1 N–H and O–H groups in total. The van der Waals surface area contributed by atoms with E-state index in [4.69, 9.17) is 0 Å². The Balaban J connectivity index is 3.04. The summed E-state index contributed by atoms with van der Waals surface area (Å²) in [4.78, 5) is 0. The molecule has 4 heteroatoms. The summed E-state index contributed by atoms with van der Waals surface area (Å²) in [5, 5.41) is 3.27. The molecule has 0 spiro atoms. The van der Waals surface area contributed by atoms with Crippen LogP contribution in [0.1, 0.15) is 43.0 Å². The molecule has 0 heterocycles. The van der Waals surface area contributed by atoms with E-state index in [1.807, 2.05) is 13.8 Å². The van der Waals surface area contributed by atoms with Crippen LogP contribution in [0.15, 0.2) is 18.2 Å². The minimum atomic E-state index is -4.26. The van der Waals surface area contributed by atoms with Crippen LogP contribution in [0, 0.1) is 6.92 Å². The van der Waals surface area contributed by atoms with Crippen molar-refractivity contribution >= 4 is 0 Å². The van der Waals surface area contributed by atoms with Gasteiger partial charge in [0.25, 0.3) is 0 Å². The van der Waals surface area contributed by atoms with E-state index in [2.05, 4.69) is 5.32 Å². The number of hydrogen-bond donors (Lipinski definition) is 1. The lowest BCUT2D eigenvalue weighted by Gasteiger charge is -2.19. The Bertz CT molecular complexity index is 371. The Labute approximate surface area is 100 Å². The van der Waals surface area contributed by atoms with Crippen molar-refractivity contribution in [2.75, 3.05) is 6.54 Å². The van der Waals surface area contributed by atoms with Crippen LogP contribution < -0.4 is 5.32 Å². The Kier molecular flexibility index (Phi) is 4.57. The highest BCUT2D eigenvalue weighted by Gasteiger charge is 2.30. The molecule has 0 saturated carbocycles. The van der Waals surface area contributed by atoms with Gasteiger partial charge in [0.05, 0.1) is 5.56 Å². The predicted molar refractivity (Wildman–Crippen MR) is 62.9 cm³/mol. The molecule has 0 aliphatic carbocycles. The number of nitrogens with one attached hydrogen (secondary N) is 1. The zero-order chi connectivity index (χ0) is 13.1. The van der Waals surface area contributed by atoms with Crippen molar-refractivity contribution in [3.8, 4) is 0 Å². The van der Waals surface area contributed by atoms with Crippen LogP contribution in [-0.4, -0.2) is 6.54 Å². The van der Waals surface area contributed by atoms with Gasteiger partial charge in [-0.25, -0.2) is 0 Å². The number of alkyl halides is 3. The van der Waals surface area contributed by atoms with Gasteiger partial charge >= 0.3 is 6.18 Å². The number of rotatable bonds is 4. The minimum Gasteiger partial charge on any atom is -0.310 e. The molecule has 0 aromatic heterocycles. The van der Waals surface area contributed by atoms with Crippen molar-refractivity contribution in [2.45, 2.75) is 39.4 Å². The van der Waals surface area contributed by atoms with Gasteiger partial charge in [-0.2, -0.15) is 13.2 Å². The molecular formula is C13H18F3N. The first-order valence-corrected chi connectivity index (χ1v) is 5.81. The summed E-state index contributed by atoms with van der Waals surface area (Å²) in [6.07, 6.45) is -3.40. The van der Waals surface area contributed by atoms with Gasteiger partial charge in [-0.05, 0) is 43.1 Å². The highest BCUT2D eigenvalue weighted by Crippen LogP contribution is 2.32. The zero-order valence-electron chi connectivity index (χ0n) is 10.4. The van der Waals surface area contributed by atoms with E-state index >= 15 is 0 Å². The van der Waals surface area contributed by atoms with E-state index in [1.165, 1.54) is 6.07 Å². The maximum Gasteiger partial charge on any atom is 0.416 e. The van der Waals surface area contributed by atoms with Crippen molar-refractivity contribution < 1.29 is 13.2 Å². The molecule has 1 atom stereocenters. The standard InChI is InChI=1S/C13H18F3N/c1-4-12(17-5-2)11-7-6-10(8-9(11)3)13(14,15)16/h6-8,12,17H,4-5H2,1-3H3. The third kappa shape index (κ3) is 3.46. The molecule has 17 heavy (non-hydrogen) atoms. The molecule has 1 unspecified atom stereocenters. The number of halogens is 3. The van der Waals surface area contributed by atoms with Crippen molar-refractivity contribution in [3.63, 3.8) is 0 Å². The first-order valence-electron chi connectivity index (χ1n) is 5.81. The van der Waals surface area contributed by atoms with Gasteiger partial charge in [0, 0.05) is 6.04 Å². The molecule has 0 aliphatic rings. The van der Waals surface area contributed by atoms with Gasteiger partial charge in [0.15, 0.2) is 0 Å². The van der Waals surface area contributed by atoms with Crippen LogP contribution in [0.5, 0.6) is 0 Å². The lowest BCUT2D eigenvalue weighted by molar-refractivity contribution is -0.137. The number of benzene rings is 1. The lowest BCUT2D eigenvalue weighted by atomic mass is 9.97. The van der Waals surface area contributed by atoms with Crippen molar-refractivity contribution in [1.29, 1.82) is 0 Å². The van der Waals surface area contributed by atoms with Gasteiger partial charge in [-0.1, -0.05) is 19.9 Å². The zero-order valence-corrected chi connectivity index (χ0v) is 10.4. The summed E-state index contributed by atoms with van der Waals surface area (Å²) in [5.41, 5.74) is 1.06. The summed E-state index contributed by atoms with van der Waals surface area (Å²) in [7, 11) is 0. The molecule has 0 aliphatic heterocycles. The Morgan fingerprint density at radius 3 is 2.29 bits per heavy atom. The monoisotopic (exact) mass is 245 g/mol. The molecule has 0 bridgehead atoms. The Hall–Kier alpha value is -1.03. The van der Waals surface area contributed by atoms with Gasteiger partial charge in [0.2, 0.25) is 0 Å². The Morgan fingerprint density at radius 1 is 1.24 bits per heavy atom. The summed E-state index contributed by atoms with van der Waals surface area (Å²) in [5.74, 6) is 0. The second-order valence-corrected chi connectivity index (χ2v) is 4.09. The summed E-state index contributed by atoms with van der Waals surface area (Å²) >= 11 is 0. The smallest absolute Gasteiger partial charge is 0.310 e. The maximum absolute atomic E-state index is 12.5. The first-order chi connectivity index (χ1) is 7.90. The van der Waals surface area contributed by atoms with E-state index in [1.54, 1.807) is 13.0 Å². The molecule has 1 nitrogen and oxygen atoms in total. The fourth-order valence-electron chi connectivity index (χ4n) is 1.96. The second-order valence-electron chi connectivity index (χ2n) is 4.09. The Morgan fingerprint density at radius 2 is 1.88 bits per heavy atom. The average molecular weight is 245 g/mol. The molecular weight excluding hydrogens is 227 g/mol. The van der Waals surface area contributed by atoms with Gasteiger partial charge in [0.1, 0.15) is 0 Å². The van der Waals surface area contributed by atoms with E-state index in [0.29, 0.717) is 5.56 Å². The van der Waals surface area contributed by atoms with E-state index in [0.717, 1.165) is 24.6 Å². The molecule has 1 aromatic rings. The second kappa shape index (κ2) is 5.54. The number of hydrogen-bond acceptors (Lipinski definition) is 1. The third-order valence-electron chi connectivity index (χ3n) is 2.83. The molecule has 0 fully saturated rings. The SMILES string of the molecule is CCNC(CC)c1ccc(C(F)(F)F)cc1C. The largest absolute Gasteiger partial charge is 0.416 e. The van der Waals surface area contributed by atoms with E-state index in [-0.39, 0.29) is 6.04 Å².